The summed E-state index contributed by atoms with van der Waals surface area (Å²) in [5, 5.41) is 6.46. The third-order valence-corrected chi connectivity index (χ3v) is 4.22. The van der Waals surface area contributed by atoms with E-state index >= 15 is 0 Å². The van der Waals surface area contributed by atoms with Gasteiger partial charge in [-0.2, -0.15) is 4.98 Å². The minimum Gasteiger partial charge on any atom is -0.340 e. The van der Waals surface area contributed by atoms with Gasteiger partial charge in [-0.1, -0.05) is 35.5 Å². The van der Waals surface area contributed by atoms with Crippen molar-refractivity contribution >= 4 is 17.2 Å². The van der Waals surface area contributed by atoms with Gasteiger partial charge < -0.3 is 9.42 Å². The first-order chi connectivity index (χ1) is 11.1. The second-order valence-electron chi connectivity index (χ2n) is 5.11. The summed E-state index contributed by atoms with van der Waals surface area (Å²) < 4.78 is 4.92. The van der Waals surface area contributed by atoms with Gasteiger partial charge in [0.2, 0.25) is 5.89 Å². The Hall–Kier alpha value is -2.54. The fourth-order valence-electron chi connectivity index (χ4n) is 2.09. The summed E-state index contributed by atoms with van der Waals surface area (Å²) in [5.41, 5.74) is 1.47. The summed E-state index contributed by atoms with van der Waals surface area (Å²) in [6.45, 7) is 2.25. The van der Waals surface area contributed by atoms with Crippen molar-refractivity contribution in [3.05, 3.63) is 53.1 Å². The summed E-state index contributed by atoms with van der Waals surface area (Å²) in [4.78, 5) is 22.6. The van der Waals surface area contributed by atoms with E-state index in [1.807, 2.05) is 30.3 Å². The van der Waals surface area contributed by atoms with Crippen LogP contribution in [0.4, 0.5) is 0 Å². The average Bonchev–Trinajstić information content (AvgIpc) is 3.22. The van der Waals surface area contributed by atoms with Crippen molar-refractivity contribution in [1.82, 2.24) is 20.0 Å². The molecule has 0 unspecified atom stereocenters. The molecule has 0 saturated carbocycles. The van der Waals surface area contributed by atoms with Crippen LogP contribution in [-0.4, -0.2) is 39.5 Å². The molecule has 118 valence electrons. The number of aromatic nitrogens is 3. The van der Waals surface area contributed by atoms with E-state index in [2.05, 4.69) is 15.1 Å². The highest BCUT2D eigenvalue weighted by Gasteiger charge is 2.16. The molecule has 23 heavy (non-hydrogen) atoms. The van der Waals surface area contributed by atoms with E-state index in [1.54, 1.807) is 24.3 Å². The van der Waals surface area contributed by atoms with Gasteiger partial charge in [0, 0.05) is 37.9 Å². The lowest BCUT2D eigenvalue weighted by atomic mass is 10.2. The fraction of sp³-hybridized carbons (Fsp3) is 0.250. The van der Waals surface area contributed by atoms with Crippen LogP contribution in [0.15, 0.2) is 40.2 Å². The van der Waals surface area contributed by atoms with Gasteiger partial charge >= 0.3 is 0 Å². The number of benzene rings is 1. The van der Waals surface area contributed by atoms with Gasteiger partial charge in [-0.3, -0.25) is 4.79 Å². The van der Waals surface area contributed by atoms with Gasteiger partial charge in [0.1, 0.15) is 10.7 Å². The van der Waals surface area contributed by atoms with Crippen LogP contribution in [0.2, 0.25) is 0 Å². The molecule has 3 rings (SSSR count). The monoisotopic (exact) mass is 328 g/mol. The molecule has 0 atom stereocenters. The van der Waals surface area contributed by atoms with Crippen LogP contribution in [0.3, 0.4) is 0 Å². The zero-order valence-electron chi connectivity index (χ0n) is 12.9. The third kappa shape index (κ3) is 3.62. The molecule has 0 fully saturated rings. The van der Waals surface area contributed by atoms with Crippen molar-refractivity contribution in [3.8, 4) is 10.6 Å². The summed E-state index contributed by atoms with van der Waals surface area (Å²) in [7, 11) is 1.75. The van der Waals surface area contributed by atoms with Crippen LogP contribution in [0.5, 0.6) is 0 Å². The number of aryl methyl sites for hydroxylation is 1. The summed E-state index contributed by atoms with van der Waals surface area (Å²) in [6, 6.07) is 9.83. The van der Waals surface area contributed by atoms with Crippen LogP contribution in [-0.2, 0) is 6.42 Å². The molecule has 2 aromatic heterocycles. The predicted octanol–water partition coefficient (Wildman–Crippen LogP) is 2.82. The predicted molar refractivity (Wildman–Crippen MR) is 87.2 cm³/mol. The van der Waals surface area contributed by atoms with E-state index in [4.69, 9.17) is 4.52 Å². The van der Waals surface area contributed by atoms with Crippen molar-refractivity contribution in [1.29, 1.82) is 0 Å². The van der Waals surface area contributed by atoms with Gasteiger partial charge in [0.15, 0.2) is 5.82 Å². The Morgan fingerprint density at radius 3 is 2.74 bits per heavy atom. The lowest BCUT2D eigenvalue weighted by Crippen LogP contribution is -2.29. The Morgan fingerprint density at radius 2 is 2.04 bits per heavy atom. The molecule has 0 aliphatic rings. The Balaban J connectivity index is 1.64. The molecule has 2 heterocycles. The van der Waals surface area contributed by atoms with E-state index in [0.29, 0.717) is 30.4 Å². The van der Waals surface area contributed by atoms with Crippen molar-refractivity contribution in [3.63, 3.8) is 0 Å². The van der Waals surface area contributed by atoms with E-state index in [9.17, 15) is 4.79 Å². The molecule has 0 aliphatic carbocycles. The quantitative estimate of drug-likeness (QED) is 0.720. The molecule has 1 amide bonds. The summed E-state index contributed by atoms with van der Waals surface area (Å²) >= 11 is 1.47. The maximum Gasteiger partial charge on any atom is 0.273 e. The van der Waals surface area contributed by atoms with Crippen LogP contribution in [0, 0.1) is 6.92 Å². The highest BCUT2D eigenvalue weighted by atomic mass is 32.1. The maximum atomic E-state index is 12.4. The number of thiazole rings is 1. The van der Waals surface area contributed by atoms with E-state index < -0.39 is 0 Å². The van der Waals surface area contributed by atoms with E-state index in [1.165, 1.54) is 11.3 Å². The zero-order valence-corrected chi connectivity index (χ0v) is 13.7. The largest absolute Gasteiger partial charge is 0.340 e. The first-order valence-corrected chi connectivity index (χ1v) is 8.07. The van der Waals surface area contributed by atoms with Crippen molar-refractivity contribution in [2.24, 2.45) is 0 Å². The smallest absolute Gasteiger partial charge is 0.273 e. The number of likely N-dealkylation sites (N-methyl/N-ethyl adjacent to an activating group) is 1. The molecule has 1 aromatic carbocycles. The number of hydrogen-bond acceptors (Lipinski definition) is 6. The van der Waals surface area contributed by atoms with Crippen molar-refractivity contribution in [2.45, 2.75) is 13.3 Å². The molecular formula is C16H16N4O2S. The molecule has 0 spiro atoms. The number of rotatable bonds is 5. The number of nitrogens with zero attached hydrogens (tertiary/aromatic N) is 4. The van der Waals surface area contributed by atoms with Gasteiger partial charge in [-0.05, 0) is 0 Å². The molecule has 7 heteroatoms. The van der Waals surface area contributed by atoms with E-state index in [0.717, 1.165) is 10.6 Å². The van der Waals surface area contributed by atoms with E-state index in [-0.39, 0.29) is 5.91 Å². The minimum absolute atomic E-state index is 0.108. The van der Waals surface area contributed by atoms with Gasteiger partial charge in [-0.25, -0.2) is 4.98 Å². The third-order valence-electron chi connectivity index (χ3n) is 3.33. The highest BCUT2D eigenvalue weighted by Crippen LogP contribution is 2.23. The Bertz CT molecular complexity index is 797. The van der Waals surface area contributed by atoms with Gasteiger partial charge in [0.25, 0.3) is 5.91 Å². The molecule has 0 bridgehead atoms. The second kappa shape index (κ2) is 6.70. The molecule has 3 aromatic rings. The number of amides is 1. The average molecular weight is 328 g/mol. The molecule has 0 N–H and O–H groups in total. The van der Waals surface area contributed by atoms with Gasteiger partial charge in [-0.15, -0.1) is 11.3 Å². The van der Waals surface area contributed by atoms with Crippen LogP contribution >= 0.6 is 11.3 Å². The summed E-state index contributed by atoms with van der Waals surface area (Å²) in [6.07, 6.45) is 0.551. The molecule has 6 nitrogen and oxygen atoms in total. The molecular weight excluding hydrogens is 312 g/mol. The Kier molecular flexibility index (Phi) is 4.47. The Labute approximate surface area is 137 Å². The minimum atomic E-state index is -0.108. The molecule has 0 saturated heterocycles. The standard InChI is InChI=1S/C16H16N4O2S/c1-11-17-14(19-22-11)8-9-20(2)16(21)13-10-23-15(18-13)12-6-4-3-5-7-12/h3-7,10H,8-9H2,1-2H3. The number of hydrogen-bond donors (Lipinski definition) is 0. The lowest BCUT2D eigenvalue weighted by Gasteiger charge is -2.14. The zero-order chi connectivity index (χ0) is 16.2. The van der Waals surface area contributed by atoms with Crippen LogP contribution < -0.4 is 0 Å². The normalized spacial score (nSPS) is 10.7. The van der Waals surface area contributed by atoms with Gasteiger partial charge in [0.05, 0.1) is 0 Å². The molecule has 0 radical (unpaired) electrons. The summed E-state index contributed by atoms with van der Waals surface area (Å²) in [5.74, 6) is 1.02. The Morgan fingerprint density at radius 1 is 1.26 bits per heavy atom. The van der Waals surface area contributed by atoms with Crippen LogP contribution in [0.1, 0.15) is 22.2 Å². The first kappa shape index (κ1) is 15.4. The van der Waals surface area contributed by atoms with Crippen molar-refractivity contribution < 1.29 is 9.32 Å². The van der Waals surface area contributed by atoms with Crippen molar-refractivity contribution in [2.75, 3.05) is 13.6 Å². The fourth-order valence-corrected chi connectivity index (χ4v) is 2.89. The topological polar surface area (TPSA) is 72.1 Å². The lowest BCUT2D eigenvalue weighted by molar-refractivity contribution is 0.0791. The molecule has 0 aliphatic heterocycles. The highest BCUT2D eigenvalue weighted by molar-refractivity contribution is 7.13. The number of carbonyl (C=O) groups is 1. The SMILES string of the molecule is Cc1nc(CCN(C)C(=O)c2csc(-c3ccccc3)n2)no1. The van der Waals surface area contributed by atoms with Crippen LogP contribution in [0.25, 0.3) is 10.6 Å². The second-order valence-corrected chi connectivity index (χ2v) is 5.97. The maximum absolute atomic E-state index is 12.4. The first-order valence-electron chi connectivity index (χ1n) is 7.19. The number of carbonyl (C=O) groups excluding carboxylic acids is 1.